The molecule has 0 aromatic heterocycles. The van der Waals surface area contributed by atoms with E-state index in [0.717, 1.165) is 5.69 Å². The summed E-state index contributed by atoms with van der Waals surface area (Å²) in [7, 11) is 1.52. The van der Waals surface area contributed by atoms with E-state index in [1.54, 1.807) is 4.90 Å². The Balaban J connectivity index is 1.64. The Morgan fingerprint density at radius 3 is 2.44 bits per heavy atom. The van der Waals surface area contributed by atoms with Crippen LogP contribution in [0.4, 0.5) is 5.69 Å². The molecule has 1 saturated heterocycles. The second kappa shape index (κ2) is 6.81. The van der Waals surface area contributed by atoms with Crippen LogP contribution in [-0.2, 0) is 15.0 Å². The fraction of sp³-hybridized carbons (Fsp3) is 0.562. The number of amides is 1. The molecule has 25 heavy (non-hydrogen) atoms. The summed E-state index contributed by atoms with van der Waals surface area (Å²) in [6.07, 6.45) is -0.572. The van der Waals surface area contributed by atoms with Gasteiger partial charge in [-0.05, 0) is 12.1 Å². The molecule has 0 spiro atoms. The number of carbonyl (C=O) groups excluding carboxylic acids is 1. The zero-order valence-corrected chi connectivity index (χ0v) is 15.6. The largest absolute Gasteiger partial charge is 0.477 e. The molecule has 2 aliphatic heterocycles. The van der Waals surface area contributed by atoms with Crippen LogP contribution in [0.25, 0.3) is 0 Å². The molecule has 2 aliphatic rings. The van der Waals surface area contributed by atoms with Crippen molar-refractivity contribution < 1.29 is 17.9 Å². The number of hydrogen-bond acceptors (Lipinski definition) is 5. The average Bonchev–Trinajstić information content (AvgIpc) is 2.61. The lowest BCUT2D eigenvalue weighted by molar-refractivity contribution is -0.139. The lowest BCUT2D eigenvalue weighted by Gasteiger charge is -2.39. The summed E-state index contributed by atoms with van der Waals surface area (Å²) >= 11 is 0. The molecule has 1 fully saturated rings. The highest BCUT2D eigenvalue weighted by molar-refractivity contribution is 7.86. The van der Waals surface area contributed by atoms with Crippen LogP contribution in [0.15, 0.2) is 24.3 Å². The van der Waals surface area contributed by atoms with Crippen LogP contribution < -0.4 is 9.64 Å². The number of fused-ring (bicyclic) bond motifs is 1. The van der Waals surface area contributed by atoms with E-state index in [-0.39, 0.29) is 5.91 Å². The second-order valence-corrected chi connectivity index (χ2v) is 8.61. The van der Waals surface area contributed by atoms with Crippen molar-refractivity contribution >= 4 is 21.8 Å². The third-order valence-electron chi connectivity index (χ3n) is 4.60. The van der Waals surface area contributed by atoms with Gasteiger partial charge in [0.25, 0.3) is 16.1 Å². The first-order chi connectivity index (χ1) is 11.8. The maximum absolute atomic E-state index is 12.8. The molecular formula is C16H24N4O4S. The molecule has 1 aromatic carbocycles. The van der Waals surface area contributed by atoms with E-state index in [1.165, 1.54) is 22.7 Å². The fourth-order valence-corrected chi connectivity index (χ4v) is 4.20. The summed E-state index contributed by atoms with van der Waals surface area (Å²) < 4.78 is 32.8. The number of nitrogens with zero attached hydrogens (tertiary/aromatic N) is 4. The van der Waals surface area contributed by atoms with Gasteiger partial charge in [-0.25, -0.2) is 0 Å². The second-order valence-electron chi connectivity index (χ2n) is 6.47. The Labute approximate surface area is 148 Å². The molecule has 8 nitrogen and oxygen atoms in total. The molecular weight excluding hydrogens is 344 g/mol. The molecule has 3 rings (SSSR count). The molecule has 0 N–H and O–H groups in total. The lowest BCUT2D eigenvalue weighted by Crippen LogP contribution is -2.57. The Morgan fingerprint density at radius 2 is 1.80 bits per heavy atom. The fourth-order valence-electron chi connectivity index (χ4n) is 3.11. The van der Waals surface area contributed by atoms with Crippen LogP contribution in [0.5, 0.6) is 5.75 Å². The summed E-state index contributed by atoms with van der Waals surface area (Å²) in [6.45, 7) is 1.82. The number of rotatable bonds is 3. The molecule has 1 amide bonds. The molecule has 138 valence electrons. The summed E-state index contributed by atoms with van der Waals surface area (Å²) in [5.41, 5.74) is 0.966. The predicted octanol–water partition coefficient (Wildman–Crippen LogP) is -0.166. The lowest BCUT2D eigenvalue weighted by atomic mass is 10.1. The van der Waals surface area contributed by atoms with Crippen LogP contribution >= 0.6 is 0 Å². The Bertz CT molecular complexity index is 744. The number of piperazine rings is 1. The standard InChI is InChI=1S/C16H24N4O4S/c1-17(2)25(22,23)20-10-8-19(9-11-20)16(21)15-12-18(3)13-6-4-5-7-14(13)24-15/h4-7,15H,8-12H2,1-3H3/t15-/m1/s1. The number of likely N-dealkylation sites (N-methyl/N-ethyl adjacent to an activating group) is 1. The first-order valence-corrected chi connectivity index (χ1v) is 9.63. The monoisotopic (exact) mass is 368 g/mol. The minimum Gasteiger partial charge on any atom is -0.477 e. The van der Waals surface area contributed by atoms with Gasteiger partial charge in [0.05, 0.1) is 12.2 Å². The molecule has 0 bridgehead atoms. The van der Waals surface area contributed by atoms with Crippen molar-refractivity contribution in [1.82, 2.24) is 13.5 Å². The first-order valence-electron chi connectivity index (χ1n) is 8.24. The van der Waals surface area contributed by atoms with E-state index in [9.17, 15) is 13.2 Å². The van der Waals surface area contributed by atoms with Gasteiger partial charge in [-0.1, -0.05) is 12.1 Å². The van der Waals surface area contributed by atoms with Crippen molar-refractivity contribution in [3.8, 4) is 5.75 Å². The molecule has 0 unspecified atom stereocenters. The summed E-state index contributed by atoms with van der Waals surface area (Å²) in [6, 6.07) is 7.63. The maximum atomic E-state index is 12.8. The number of para-hydroxylation sites is 2. The van der Waals surface area contributed by atoms with Crippen LogP contribution in [0, 0.1) is 0 Å². The van der Waals surface area contributed by atoms with E-state index >= 15 is 0 Å². The smallest absolute Gasteiger partial charge is 0.281 e. The van der Waals surface area contributed by atoms with E-state index in [0.29, 0.717) is 38.5 Å². The SMILES string of the molecule is CN1C[C@H](C(=O)N2CCN(S(=O)(=O)N(C)C)CC2)Oc2ccccc21. The number of carbonyl (C=O) groups is 1. The van der Waals surface area contributed by atoms with Gasteiger partial charge in [0.15, 0.2) is 6.10 Å². The number of ether oxygens (including phenoxy) is 1. The summed E-state index contributed by atoms with van der Waals surface area (Å²) in [5, 5.41) is 0. The molecule has 1 atom stereocenters. The van der Waals surface area contributed by atoms with Gasteiger partial charge in [-0.2, -0.15) is 17.0 Å². The summed E-state index contributed by atoms with van der Waals surface area (Å²) in [5.74, 6) is 0.603. The quantitative estimate of drug-likeness (QED) is 0.741. The molecule has 0 radical (unpaired) electrons. The van der Waals surface area contributed by atoms with Crippen molar-refractivity contribution in [2.24, 2.45) is 0 Å². The van der Waals surface area contributed by atoms with Crippen molar-refractivity contribution in [3.05, 3.63) is 24.3 Å². The average molecular weight is 368 g/mol. The van der Waals surface area contributed by atoms with E-state index in [4.69, 9.17) is 4.74 Å². The van der Waals surface area contributed by atoms with Crippen LogP contribution in [0.2, 0.25) is 0 Å². The zero-order valence-electron chi connectivity index (χ0n) is 14.8. The van der Waals surface area contributed by atoms with Gasteiger partial charge >= 0.3 is 0 Å². The Morgan fingerprint density at radius 1 is 1.16 bits per heavy atom. The van der Waals surface area contributed by atoms with Crippen molar-refractivity contribution in [2.45, 2.75) is 6.10 Å². The Hall–Kier alpha value is -1.84. The molecule has 0 aliphatic carbocycles. The highest BCUT2D eigenvalue weighted by Crippen LogP contribution is 2.32. The first kappa shape index (κ1) is 18.0. The number of benzene rings is 1. The van der Waals surface area contributed by atoms with Crippen molar-refractivity contribution in [1.29, 1.82) is 0 Å². The van der Waals surface area contributed by atoms with Gasteiger partial charge in [-0.15, -0.1) is 0 Å². The normalized spacial score (nSPS) is 21.8. The van der Waals surface area contributed by atoms with E-state index in [2.05, 4.69) is 0 Å². The predicted molar refractivity (Wildman–Crippen MR) is 94.9 cm³/mol. The Kier molecular flexibility index (Phi) is 4.90. The van der Waals surface area contributed by atoms with Gasteiger partial charge in [0.2, 0.25) is 0 Å². The highest BCUT2D eigenvalue weighted by atomic mass is 32.2. The van der Waals surface area contributed by atoms with E-state index < -0.39 is 16.3 Å². The highest BCUT2D eigenvalue weighted by Gasteiger charge is 2.35. The molecule has 1 aromatic rings. The summed E-state index contributed by atoms with van der Waals surface area (Å²) in [4.78, 5) is 16.5. The van der Waals surface area contributed by atoms with Gasteiger partial charge in [0, 0.05) is 47.3 Å². The van der Waals surface area contributed by atoms with E-state index in [1.807, 2.05) is 36.2 Å². The maximum Gasteiger partial charge on any atom is 0.281 e. The van der Waals surface area contributed by atoms with Gasteiger partial charge in [0.1, 0.15) is 5.75 Å². The van der Waals surface area contributed by atoms with Gasteiger partial charge in [-0.3, -0.25) is 4.79 Å². The molecule has 2 heterocycles. The molecule has 0 saturated carbocycles. The third-order valence-corrected chi connectivity index (χ3v) is 6.54. The van der Waals surface area contributed by atoms with Crippen molar-refractivity contribution in [2.75, 3.05) is 58.8 Å². The minimum atomic E-state index is -3.43. The number of anilines is 1. The van der Waals surface area contributed by atoms with Crippen LogP contribution in [-0.4, -0.2) is 87.8 Å². The number of hydrogen-bond donors (Lipinski definition) is 0. The van der Waals surface area contributed by atoms with Crippen LogP contribution in [0.3, 0.4) is 0 Å². The van der Waals surface area contributed by atoms with Crippen molar-refractivity contribution in [3.63, 3.8) is 0 Å². The third kappa shape index (κ3) is 3.44. The topological polar surface area (TPSA) is 73.4 Å². The van der Waals surface area contributed by atoms with Crippen LogP contribution in [0.1, 0.15) is 0 Å². The minimum absolute atomic E-state index is 0.0942. The molecule has 9 heteroatoms. The van der Waals surface area contributed by atoms with Gasteiger partial charge < -0.3 is 14.5 Å². The zero-order chi connectivity index (χ0) is 18.2.